The topological polar surface area (TPSA) is 25.8 Å². The number of pyridine rings is 1. The Morgan fingerprint density at radius 1 is 1.45 bits per heavy atom. The van der Waals surface area contributed by atoms with Gasteiger partial charge in [-0.3, -0.25) is 0 Å². The van der Waals surface area contributed by atoms with E-state index in [2.05, 4.69) is 9.36 Å². The molecule has 0 N–H and O–H groups in total. The van der Waals surface area contributed by atoms with Crippen LogP contribution in [0, 0.1) is 6.92 Å². The zero-order valence-electron chi connectivity index (χ0n) is 5.84. The van der Waals surface area contributed by atoms with Crippen LogP contribution in [0.1, 0.15) is 5.69 Å². The number of nitrogens with zero attached hydrogens (tertiary/aromatic N) is 2. The Labute approximate surface area is 73.0 Å². The average molecular weight is 185 g/mol. The van der Waals surface area contributed by atoms with Crippen LogP contribution < -0.4 is 0 Å². The first-order valence-corrected chi connectivity index (χ1v) is 4.31. The second-order valence-corrected chi connectivity index (χ2v) is 3.39. The fourth-order valence-corrected chi connectivity index (χ4v) is 1.90. The van der Waals surface area contributed by atoms with E-state index in [4.69, 9.17) is 11.6 Å². The minimum atomic E-state index is 0.529. The van der Waals surface area contributed by atoms with Gasteiger partial charge in [0, 0.05) is 5.39 Å². The van der Waals surface area contributed by atoms with Crippen molar-refractivity contribution in [2.75, 3.05) is 0 Å². The molecule has 0 bridgehead atoms. The number of aryl methyl sites for hydroxylation is 1. The summed E-state index contributed by atoms with van der Waals surface area (Å²) in [6, 6.07) is 3.73. The fourth-order valence-electron chi connectivity index (χ4n) is 0.924. The standard InChI is InChI=1S/C7H5ClN2S/c1-4-5-2-3-6(8)9-7(5)11-10-4/h2-3H,1H3. The Kier molecular flexibility index (Phi) is 1.55. The second kappa shape index (κ2) is 2.43. The van der Waals surface area contributed by atoms with Crippen LogP contribution >= 0.6 is 23.1 Å². The Morgan fingerprint density at radius 2 is 2.27 bits per heavy atom. The predicted octanol–water partition coefficient (Wildman–Crippen LogP) is 2.65. The molecule has 0 aromatic carbocycles. The molecule has 2 aromatic heterocycles. The number of hydrogen-bond acceptors (Lipinski definition) is 3. The molecule has 0 aliphatic heterocycles. The van der Waals surface area contributed by atoms with Gasteiger partial charge in [0.25, 0.3) is 0 Å². The molecule has 0 amide bonds. The minimum absolute atomic E-state index is 0.529. The minimum Gasteiger partial charge on any atom is -0.224 e. The van der Waals surface area contributed by atoms with Gasteiger partial charge in [-0.25, -0.2) is 4.98 Å². The first kappa shape index (κ1) is 7.00. The van der Waals surface area contributed by atoms with Crippen LogP contribution in [0.15, 0.2) is 12.1 Å². The van der Waals surface area contributed by atoms with Crippen molar-refractivity contribution in [1.29, 1.82) is 0 Å². The summed E-state index contributed by atoms with van der Waals surface area (Å²) in [5, 5.41) is 1.63. The summed E-state index contributed by atoms with van der Waals surface area (Å²) < 4.78 is 4.16. The monoisotopic (exact) mass is 184 g/mol. The van der Waals surface area contributed by atoms with E-state index in [-0.39, 0.29) is 0 Å². The largest absolute Gasteiger partial charge is 0.224 e. The van der Waals surface area contributed by atoms with Crippen molar-refractivity contribution >= 4 is 33.4 Å². The van der Waals surface area contributed by atoms with Crippen molar-refractivity contribution in [3.63, 3.8) is 0 Å². The zero-order valence-corrected chi connectivity index (χ0v) is 7.41. The maximum atomic E-state index is 5.70. The third-order valence-corrected chi connectivity index (χ3v) is 2.54. The van der Waals surface area contributed by atoms with Crippen molar-refractivity contribution in [2.24, 2.45) is 0 Å². The summed E-state index contributed by atoms with van der Waals surface area (Å²) >= 11 is 7.08. The van der Waals surface area contributed by atoms with Gasteiger partial charge in [0.2, 0.25) is 0 Å². The molecule has 4 heteroatoms. The third kappa shape index (κ3) is 1.10. The summed E-state index contributed by atoms with van der Waals surface area (Å²) in [5.74, 6) is 0. The maximum absolute atomic E-state index is 5.70. The lowest BCUT2D eigenvalue weighted by atomic mass is 10.3. The van der Waals surface area contributed by atoms with Crippen LogP contribution in [0.2, 0.25) is 5.15 Å². The Hall–Kier alpha value is -0.670. The smallest absolute Gasteiger partial charge is 0.145 e. The van der Waals surface area contributed by atoms with Crippen molar-refractivity contribution in [3.8, 4) is 0 Å². The lowest BCUT2D eigenvalue weighted by Crippen LogP contribution is -1.74. The molecule has 11 heavy (non-hydrogen) atoms. The Morgan fingerprint density at radius 3 is 3.09 bits per heavy atom. The van der Waals surface area contributed by atoms with Gasteiger partial charge in [0.05, 0.1) is 5.69 Å². The van der Waals surface area contributed by atoms with Crippen molar-refractivity contribution in [1.82, 2.24) is 9.36 Å². The van der Waals surface area contributed by atoms with E-state index >= 15 is 0 Å². The first-order valence-electron chi connectivity index (χ1n) is 3.16. The highest BCUT2D eigenvalue weighted by molar-refractivity contribution is 7.12. The Bertz CT molecular complexity index is 396. The van der Waals surface area contributed by atoms with E-state index in [9.17, 15) is 0 Å². The van der Waals surface area contributed by atoms with Crippen LogP contribution in [0.4, 0.5) is 0 Å². The summed E-state index contributed by atoms with van der Waals surface area (Å²) in [4.78, 5) is 5.03. The molecule has 0 spiro atoms. The SMILES string of the molecule is Cc1nsc2nc(Cl)ccc12. The third-order valence-electron chi connectivity index (χ3n) is 1.49. The van der Waals surface area contributed by atoms with Crippen molar-refractivity contribution < 1.29 is 0 Å². The van der Waals surface area contributed by atoms with Gasteiger partial charge in [-0.1, -0.05) is 11.6 Å². The molecule has 0 saturated heterocycles. The van der Waals surface area contributed by atoms with Crippen molar-refractivity contribution in [2.45, 2.75) is 6.92 Å². The Balaban J connectivity index is 2.86. The van der Waals surface area contributed by atoms with Crippen LogP contribution in [-0.2, 0) is 0 Å². The van der Waals surface area contributed by atoms with Gasteiger partial charge in [0.1, 0.15) is 9.98 Å². The highest BCUT2D eigenvalue weighted by Crippen LogP contribution is 2.21. The lowest BCUT2D eigenvalue weighted by Gasteiger charge is -1.88. The molecular formula is C7H5ClN2S. The number of rotatable bonds is 0. The van der Waals surface area contributed by atoms with E-state index in [1.807, 2.05) is 13.0 Å². The quantitative estimate of drug-likeness (QED) is 0.589. The average Bonchev–Trinajstić information content (AvgIpc) is 2.32. The fraction of sp³-hybridized carbons (Fsp3) is 0.143. The van der Waals surface area contributed by atoms with Gasteiger partial charge in [0.15, 0.2) is 0 Å². The van der Waals surface area contributed by atoms with Crippen molar-refractivity contribution in [3.05, 3.63) is 23.0 Å². The van der Waals surface area contributed by atoms with E-state index in [0.717, 1.165) is 15.9 Å². The number of halogens is 1. The summed E-state index contributed by atoms with van der Waals surface area (Å²) in [5.41, 5.74) is 1.02. The van der Waals surface area contributed by atoms with E-state index < -0.39 is 0 Å². The van der Waals surface area contributed by atoms with E-state index in [1.165, 1.54) is 11.5 Å². The van der Waals surface area contributed by atoms with Gasteiger partial charge in [-0.2, -0.15) is 4.37 Å². The highest BCUT2D eigenvalue weighted by Gasteiger charge is 2.01. The molecule has 0 atom stereocenters. The maximum Gasteiger partial charge on any atom is 0.145 e. The second-order valence-electron chi connectivity index (χ2n) is 2.25. The zero-order chi connectivity index (χ0) is 7.84. The van der Waals surface area contributed by atoms with Gasteiger partial charge in [-0.05, 0) is 30.6 Å². The molecule has 0 unspecified atom stereocenters. The van der Waals surface area contributed by atoms with E-state index in [1.54, 1.807) is 6.07 Å². The first-order chi connectivity index (χ1) is 5.27. The number of fused-ring (bicyclic) bond motifs is 1. The summed E-state index contributed by atoms with van der Waals surface area (Å²) in [6.07, 6.45) is 0. The van der Waals surface area contributed by atoms with Crippen LogP contribution in [0.25, 0.3) is 10.2 Å². The van der Waals surface area contributed by atoms with Gasteiger partial charge < -0.3 is 0 Å². The molecule has 0 fully saturated rings. The van der Waals surface area contributed by atoms with E-state index in [0.29, 0.717) is 5.15 Å². The molecule has 0 saturated carbocycles. The molecule has 0 aliphatic carbocycles. The summed E-state index contributed by atoms with van der Waals surface area (Å²) in [6.45, 7) is 1.97. The molecule has 2 heterocycles. The number of aromatic nitrogens is 2. The molecule has 2 nitrogen and oxygen atoms in total. The lowest BCUT2D eigenvalue weighted by molar-refractivity contribution is 1.37. The van der Waals surface area contributed by atoms with Crippen LogP contribution in [0.3, 0.4) is 0 Å². The molecular weight excluding hydrogens is 180 g/mol. The predicted molar refractivity (Wildman–Crippen MR) is 47.2 cm³/mol. The van der Waals surface area contributed by atoms with Gasteiger partial charge in [-0.15, -0.1) is 0 Å². The molecule has 0 aliphatic rings. The molecule has 2 aromatic rings. The molecule has 56 valence electrons. The molecule has 2 rings (SSSR count). The van der Waals surface area contributed by atoms with Crippen LogP contribution in [0.5, 0.6) is 0 Å². The normalized spacial score (nSPS) is 10.7. The number of hydrogen-bond donors (Lipinski definition) is 0. The van der Waals surface area contributed by atoms with Crippen LogP contribution in [-0.4, -0.2) is 9.36 Å². The van der Waals surface area contributed by atoms with Gasteiger partial charge >= 0.3 is 0 Å². The summed E-state index contributed by atoms with van der Waals surface area (Å²) in [7, 11) is 0. The molecule has 0 radical (unpaired) electrons. The highest BCUT2D eigenvalue weighted by atomic mass is 35.5.